The van der Waals surface area contributed by atoms with Gasteiger partial charge in [-0.3, -0.25) is 4.79 Å². The van der Waals surface area contributed by atoms with Gasteiger partial charge in [-0.25, -0.2) is 4.79 Å². The molecule has 2 heterocycles. The number of imide groups is 1. The van der Waals surface area contributed by atoms with E-state index >= 15 is 0 Å². The van der Waals surface area contributed by atoms with Crippen LogP contribution in [0.2, 0.25) is 0 Å². The molecular weight excluding hydrogens is 274 g/mol. The third kappa shape index (κ3) is 2.20. The zero-order valence-corrected chi connectivity index (χ0v) is 11.8. The molecule has 21 heavy (non-hydrogen) atoms. The Bertz CT molecular complexity index is 643. The second-order valence-electron chi connectivity index (χ2n) is 5.09. The molecule has 0 bridgehead atoms. The number of hydrogen-bond donors (Lipinski definition) is 1. The van der Waals surface area contributed by atoms with Crippen molar-refractivity contribution < 1.29 is 19.1 Å². The van der Waals surface area contributed by atoms with E-state index in [-0.39, 0.29) is 12.7 Å². The summed E-state index contributed by atoms with van der Waals surface area (Å²) in [7, 11) is 0. The van der Waals surface area contributed by atoms with Crippen LogP contribution in [-0.4, -0.2) is 35.5 Å². The van der Waals surface area contributed by atoms with Gasteiger partial charge in [0.05, 0.1) is 6.21 Å². The van der Waals surface area contributed by atoms with Crippen molar-refractivity contribution in [2.45, 2.75) is 25.8 Å². The van der Waals surface area contributed by atoms with E-state index < -0.39 is 11.6 Å². The number of urea groups is 1. The standard InChI is InChI=1S/C14H15N3O4/c1-3-14(2)12(18)17(13(19)16-14)15-7-9-4-5-10-11(6-9)21-8-20-10/h4-7H,3,8H2,1-2H3,(H,16,19)/b15-7-/t14-/m0/s1. The van der Waals surface area contributed by atoms with E-state index in [1.807, 2.05) is 6.92 Å². The fraction of sp³-hybridized carbons (Fsp3) is 0.357. The summed E-state index contributed by atoms with van der Waals surface area (Å²) >= 11 is 0. The Hall–Kier alpha value is -2.57. The van der Waals surface area contributed by atoms with Gasteiger partial charge in [-0.15, -0.1) is 5.01 Å². The van der Waals surface area contributed by atoms with Crippen molar-refractivity contribution in [2.24, 2.45) is 5.10 Å². The Morgan fingerprint density at radius 1 is 1.38 bits per heavy atom. The summed E-state index contributed by atoms with van der Waals surface area (Å²) in [5.74, 6) is 0.933. The SMILES string of the molecule is CC[C@]1(C)NC(=O)N(/N=C\c2ccc3c(c2)OCO3)C1=O. The number of rotatable bonds is 3. The second-order valence-corrected chi connectivity index (χ2v) is 5.09. The van der Waals surface area contributed by atoms with Crippen molar-refractivity contribution in [3.05, 3.63) is 23.8 Å². The van der Waals surface area contributed by atoms with Crippen LogP contribution in [0, 0.1) is 0 Å². The predicted octanol–water partition coefficient (Wildman–Crippen LogP) is 1.47. The molecule has 0 saturated carbocycles. The van der Waals surface area contributed by atoms with Gasteiger partial charge in [0.1, 0.15) is 5.54 Å². The van der Waals surface area contributed by atoms with Crippen molar-refractivity contribution in [2.75, 3.05) is 6.79 Å². The third-order valence-corrected chi connectivity index (χ3v) is 3.67. The van der Waals surface area contributed by atoms with Crippen molar-refractivity contribution in [1.29, 1.82) is 0 Å². The molecule has 3 rings (SSSR count). The number of nitrogens with one attached hydrogen (secondary N) is 1. The Morgan fingerprint density at radius 3 is 2.86 bits per heavy atom. The maximum atomic E-state index is 12.2. The lowest BCUT2D eigenvalue weighted by molar-refractivity contribution is -0.130. The molecule has 1 N–H and O–H groups in total. The van der Waals surface area contributed by atoms with Crippen LogP contribution in [0.3, 0.4) is 0 Å². The van der Waals surface area contributed by atoms with E-state index in [9.17, 15) is 9.59 Å². The molecule has 0 spiro atoms. The molecule has 2 aliphatic heterocycles. The van der Waals surface area contributed by atoms with Gasteiger partial charge in [0.25, 0.3) is 5.91 Å². The molecule has 1 aromatic rings. The van der Waals surface area contributed by atoms with Gasteiger partial charge in [0.15, 0.2) is 11.5 Å². The highest BCUT2D eigenvalue weighted by Crippen LogP contribution is 2.32. The Labute approximate surface area is 121 Å². The molecule has 0 unspecified atom stereocenters. The maximum Gasteiger partial charge on any atom is 0.346 e. The first kappa shape index (κ1) is 13.4. The highest BCUT2D eigenvalue weighted by atomic mass is 16.7. The monoisotopic (exact) mass is 289 g/mol. The Balaban J connectivity index is 1.80. The van der Waals surface area contributed by atoms with Gasteiger partial charge in [0, 0.05) is 0 Å². The largest absolute Gasteiger partial charge is 0.454 e. The number of amides is 3. The van der Waals surface area contributed by atoms with Crippen LogP contribution in [0.1, 0.15) is 25.8 Å². The summed E-state index contributed by atoms with van der Waals surface area (Å²) in [6, 6.07) is 4.75. The molecule has 7 heteroatoms. The highest BCUT2D eigenvalue weighted by molar-refractivity contribution is 6.07. The summed E-state index contributed by atoms with van der Waals surface area (Å²) in [4.78, 5) is 24.0. The first-order chi connectivity index (χ1) is 10.0. The molecular formula is C14H15N3O4. The van der Waals surface area contributed by atoms with Gasteiger partial charge in [0.2, 0.25) is 6.79 Å². The fourth-order valence-corrected chi connectivity index (χ4v) is 2.13. The highest BCUT2D eigenvalue weighted by Gasteiger charge is 2.46. The number of ether oxygens (including phenoxy) is 2. The van der Waals surface area contributed by atoms with E-state index in [0.29, 0.717) is 23.5 Å². The van der Waals surface area contributed by atoms with Gasteiger partial charge >= 0.3 is 6.03 Å². The molecule has 1 atom stereocenters. The fourth-order valence-electron chi connectivity index (χ4n) is 2.13. The lowest BCUT2D eigenvalue weighted by Crippen LogP contribution is -2.42. The smallest absolute Gasteiger partial charge is 0.346 e. The minimum Gasteiger partial charge on any atom is -0.454 e. The Kier molecular flexibility index (Phi) is 3.04. The lowest BCUT2D eigenvalue weighted by Gasteiger charge is -2.17. The quantitative estimate of drug-likeness (QED) is 0.675. The topological polar surface area (TPSA) is 80.2 Å². The van der Waals surface area contributed by atoms with Crippen LogP contribution < -0.4 is 14.8 Å². The van der Waals surface area contributed by atoms with E-state index in [1.165, 1.54) is 6.21 Å². The van der Waals surface area contributed by atoms with Gasteiger partial charge in [-0.1, -0.05) is 6.92 Å². The molecule has 0 aromatic heterocycles. The maximum absolute atomic E-state index is 12.2. The van der Waals surface area contributed by atoms with Crippen LogP contribution in [0.15, 0.2) is 23.3 Å². The molecule has 0 aliphatic carbocycles. The number of carbonyl (C=O) groups excluding carboxylic acids is 2. The molecule has 2 aliphatic rings. The number of carbonyl (C=O) groups is 2. The number of nitrogens with zero attached hydrogens (tertiary/aromatic N) is 2. The zero-order valence-electron chi connectivity index (χ0n) is 11.8. The first-order valence-electron chi connectivity index (χ1n) is 6.64. The molecule has 0 radical (unpaired) electrons. The first-order valence-corrected chi connectivity index (χ1v) is 6.64. The predicted molar refractivity (Wildman–Crippen MR) is 74.2 cm³/mol. The van der Waals surface area contributed by atoms with E-state index in [4.69, 9.17) is 9.47 Å². The minimum atomic E-state index is -0.886. The molecule has 1 fully saturated rings. The summed E-state index contributed by atoms with van der Waals surface area (Å²) < 4.78 is 10.5. The van der Waals surface area contributed by atoms with Crippen LogP contribution in [0.4, 0.5) is 4.79 Å². The van der Waals surface area contributed by atoms with Crippen molar-refractivity contribution in [1.82, 2.24) is 10.3 Å². The summed E-state index contributed by atoms with van der Waals surface area (Å²) in [5, 5.41) is 7.47. The average molecular weight is 289 g/mol. The van der Waals surface area contributed by atoms with E-state index in [2.05, 4.69) is 10.4 Å². The minimum absolute atomic E-state index is 0.192. The average Bonchev–Trinajstić information content (AvgIpc) is 3.01. The molecule has 7 nitrogen and oxygen atoms in total. The molecule has 3 amide bonds. The van der Waals surface area contributed by atoms with Crippen LogP contribution in [0.25, 0.3) is 0 Å². The summed E-state index contributed by atoms with van der Waals surface area (Å²) in [6.07, 6.45) is 1.95. The Morgan fingerprint density at radius 2 is 2.14 bits per heavy atom. The second kappa shape index (κ2) is 4.76. The molecule has 1 saturated heterocycles. The van der Waals surface area contributed by atoms with Crippen LogP contribution >= 0.6 is 0 Å². The third-order valence-electron chi connectivity index (χ3n) is 3.67. The van der Waals surface area contributed by atoms with Gasteiger partial charge in [-0.2, -0.15) is 5.10 Å². The zero-order chi connectivity index (χ0) is 15.0. The lowest BCUT2D eigenvalue weighted by atomic mass is 10.00. The summed E-state index contributed by atoms with van der Waals surface area (Å²) in [5.41, 5.74) is -0.173. The van der Waals surface area contributed by atoms with Crippen LogP contribution in [0.5, 0.6) is 11.5 Å². The van der Waals surface area contributed by atoms with Crippen LogP contribution in [-0.2, 0) is 4.79 Å². The van der Waals surface area contributed by atoms with Crippen molar-refractivity contribution in [3.8, 4) is 11.5 Å². The summed E-state index contributed by atoms with van der Waals surface area (Å²) in [6.45, 7) is 3.71. The molecule has 110 valence electrons. The number of hydrazone groups is 1. The number of hydrogen-bond acceptors (Lipinski definition) is 5. The van der Waals surface area contributed by atoms with Gasteiger partial charge in [-0.05, 0) is 37.1 Å². The van der Waals surface area contributed by atoms with E-state index in [0.717, 1.165) is 5.01 Å². The molecule has 1 aromatic carbocycles. The van der Waals surface area contributed by atoms with Gasteiger partial charge < -0.3 is 14.8 Å². The normalized spacial score (nSPS) is 24.0. The van der Waals surface area contributed by atoms with E-state index in [1.54, 1.807) is 25.1 Å². The van der Waals surface area contributed by atoms with Crippen molar-refractivity contribution in [3.63, 3.8) is 0 Å². The van der Waals surface area contributed by atoms with Crippen molar-refractivity contribution >= 4 is 18.2 Å². The number of fused-ring (bicyclic) bond motifs is 1. The number of benzene rings is 1.